The smallest absolute Gasteiger partial charge is 0.0753 e. The third kappa shape index (κ3) is 2.94. The van der Waals surface area contributed by atoms with Crippen LogP contribution >= 0.6 is 0 Å². The fraction of sp³-hybridized carbons (Fsp3) is 0.382. The fourth-order valence-corrected chi connectivity index (χ4v) is 7.45. The molecule has 0 bridgehead atoms. The van der Waals surface area contributed by atoms with Crippen molar-refractivity contribution in [2.24, 2.45) is 4.99 Å². The van der Waals surface area contributed by atoms with Crippen LogP contribution in [0.15, 0.2) is 59.1 Å². The standard InChI is InChI=1S/C34H36N2/c1-6-22-11-12-23-13-14-29-31(27(23)18-22)35-33(34(29,4)5)30-20(2)17-28-25-10-8-16-36-15-7-9-24(32(25)36)19-26(28)21(30)3/h11-14,18-19H,2,6-10,15-17H2,1,3-5H3. The topological polar surface area (TPSA) is 15.6 Å². The van der Waals surface area contributed by atoms with E-state index in [9.17, 15) is 0 Å². The molecule has 3 aliphatic heterocycles. The molecule has 0 N–H and O–H groups in total. The lowest BCUT2D eigenvalue weighted by molar-refractivity contribution is 0.630. The Labute approximate surface area is 215 Å². The second-order valence-electron chi connectivity index (χ2n) is 11.8. The molecular weight excluding hydrogens is 436 g/mol. The van der Waals surface area contributed by atoms with Gasteiger partial charge in [0.25, 0.3) is 0 Å². The Bertz CT molecular complexity index is 1540. The van der Waals surface area contributed by atoms with Crippen molar-refractivity contribution < 1.29 is 0 Å². The lowest BCUT2D eigenvalue weighted by Crippen LogP contribution is -2.36. The van der Waals surface area contributed by atoms with Crippen molar-refractivity contribution in [2.45, 2.75) is 71.6 Å². The first-order valence-electron chi connectivity index (χ1n) is 13.9. The summed E-state index contributed by atoms with van der Waals surface area (Å²) < 4.78 is 0. The lowest BCUT2D eigenvalue weighted by atomic mass is 9.70. The first kappa shape index (κ1) is 22.1. The normalized spacial score (nSPS) is 19.8. The van der Waals surface area contributed by atoms with Crippen LogP contribution in [0.4, 0.5) is 11.4 Å². The van der Waals surface area contributed by atoms with Crippen LogP contribution in [0.5, 0.6) is 0 Å². The number of allylic oxidation sites excluding steroid dienone is 3. The molecule has 7 rings (SSSR count). The number of benzene rings is 3. The summed E-state index contributed by atoms with van der Waals surface area (Å²) in [4.78, 5) is 8.11. The van der Waals surface area contributed by atoms with Gasteiger partial charge in [-0.2, -0.15) is 0 Å². The Morgan fingerprint density at radius 2 is 1.78 bits per heavy atom. The van der Waals surface area contributed by atoms with Gasteiger partial charge < -0.3 is 4.90 Å². The number of aliphatic imine (C=N–C) groups is 1. The molecule has 2 nitrogen and oxygen atoms in total. The monoisotopic (exact) mass is 472 g/mol. The van der Waals surface area contributed by atoms with Gasteiger partial charge in [-0.25, -0.2) is 0 Å². The van der Waals surface area contributed by atoms with E-state index in [0.717, 1.165) is 18.5 Å². The minimum Gasteiger partial charge on any atom is -0.371 e. The minimum atomic E-state index is -0.151. The van der Waals surface area contributed by atoms with Gasteiger partial charge in [0.1, 0.15) is 0 Å². The Morgan fingerprint density at radius 1 is 1.00 bits per heavy atom. The van der Waals surface area contributed by atoms with E-state index in [1.54, 1.807) is 22.4 Å². The molecule has 182 valence electrons. The number of hydrogen-bond donors (Lipinski definition) is 0. The molecule has 0 saturated carbocycles. The quantitative estimate of drug-likeness (QED) is 0.368. The Morgan fingerprint density at radius 3 is 2.58 bits per heavy atom. The molecule has 3 aromatic carbocycles. The molecule has 0 fully saturated rings. The van der Waals surface area contributed by atoms with Gasteiger partial charge in [0.2, 0.25) is 0 Å². The second kappa shape index (κ2) is 7.68. The highest BCUT2D eigenvalue weighted by atomic mass is 15.1. The summed E-state index contributed by atoms with van der Waals surface area (Å²) in [6.45, 7) is 16.4. The van der Waals surface area contributed by atoms with E-state index in [-0.39, 0.29) is 5.41 Å². The van der Waals surface area contributed by atoms with Gasteiger partial charge in [-0.15, -0.1) is 0 Å². The number of hydrogen-bond acceptors (Lipinski definition) is 2. The maximum absolute atomic E-state index is 5.45. The van der Waals surface area contributed by atoms with Gasteiger partial charge in [0, 0.05) is 35.2 Å². The average Bonchev–Trinajstić information content (AvgIpc) is 3.15. The van der Waals surface area contributed by atoms with E-state index in [1.807, 2.05) is 0 Å². The van der Waals surface area contributed by atoms with Crippen molar-refractivity contribution >= 4 is 33.4 Å². The van der Waals surface area contributed by atoms with Gasteiger partial charge in [-0.3, -0.25) is 4.99 Å². The van der Waals surface area contributed by atoms with Gasteiger partial charge >= 0.3 is 0 Å². The molecule has 0 spiro atoms. The van der Waals surface area contributed by atoms with E-state index < -0.39 is 0 Å². The van der Waals surface area contributed by atoms with E-state index in [4.69, 9.17) is 4.99 Å². The van der Waals surface area contributed by atoms with E-state index in [1.165, 1.54) is 88.7 Å². The average molecular weight is 473 g/mol. The SMILES string of the molecule is C=C1Cc2c(cc3c4c2CCCN4CCC3)C(C)=C1C1=Nc2c(ccc3ccc(CC)cc23)C1(C)C. The van der Waals surface area contributed by atoms with Crippen molar-refractivity contribution in [1.82, 2.24) is 0 Å². The summed E-state index contributed by atoms with van der Waals surface area (Å²) in [5, 5.41) is 2.56. The van der Waals surface area contributed by atoms with Crippen LogP contribution in [-0.4, -0.2) is 18.8 Å². The Balaban J connectivity index is 1.44. The first-order valence-corrected chi connectivity index (χ1v) is 13.9. The van der Waals surface area contributed by atoms with Gasteiger partial charge in [0.15, 0.2) is 0 Å². The summed E-state index contributed by atoms with van der Waals surface area (Å²) in [5.41, 5.74) is 16.6. The van der Waals surface area contributed by atoms with Crippen molar-refractivity contribution in [1.29, 1.82) is 0 Å². The highest BCUT2D eigenvalue weighted by molar-refractivity contribution is 6.21. The fourth-order valence-electron chi connectivity index (χ4n) is 7.45. The molecule has 1 aliphatic carbocycles. The van der Waals surface area contributed by atoms with Crippen LogP contribution < -0.4 is 4.90 Å². The zero-order valence-electron chi connectivity index (χ0n) is 22.2. The molecule has 0 saturated heterocycles. The largest absolute Gasteiger partial charge is 0.371 e. The number of fused-ring (bicyclic) bond motifs is 5. The summed E-state index contributed by atoms with van der Waals surface area (Å²) in [6, 6.07) is 14.0. The molecule has 0 radical (unpaired) electrons. The minimum absolute atomic E-state index is 0.151. The molecule has 0 aromatic heterocycles. The number of nitrogens with zero attached hydrogens (tertiary/aromatic N) is 2. The maximum atomic E-state index is 5.45. The number of aryl methyl sites for hydroxylation is 2. The lowest BCUT2D eigenvalue weighted by Gasteiger charge is -2.40. The maximum Gasteiger partial charge on any atom is 0.0753 e. The van der Waals surface area contributed by atoms with Crippen LogP contribution in [0.1, 0.15) is 73.9 Å². The molecule has 3 heterocycles. The number of anilines is 1. The summed E-state index contributed by atoms with van der Waals surface area (Å²) in [5.74, 6) is 0. The van der Waals surface area contributed by atoms with Crippen molar-refractivity contribution in [3.63, 3.8) is 0 Å². The highest BCUT2D eigenvalue weighted by Gasteiger charge is 2.41. The van der Waals surface area contributed by atoms with Crippen LogP contribution in [0, 0.1) is 0 Å². The van der Waals surface area contributed by atoms with Crippen molar-refractivity contribution in [3.8, 4) is 0 Å². The van der Waals surface area contributed by atoms with Gasteiger partial charge in [0.05, 0.1) is 11.4 Å². The van der Waals surface area contributed by atoms with E-state index in [2.05, 4.69) is 75.6 Å². The zero-order valence-corrected chi connectivity index (χ0v) is 22.2. The molecule has 36 heavy (non-hydrogen) atoms. The molecule has 0 unspecified atom stereocenters. The molecule has 0 amide bonds. The third-order valence-electron chi connectivity index (χ3n) is 9.36. The summed E-state index contributed by atoms with van der Waals surface area (Å²) in [6.07, 6.45) is 6.95. The van der Waals surface area contributed by atoms with E-state index in [0.29, 0.717) is 0 Å². The van der Waals surface area contributed by atoms with Crippen LogP contribution in [0.2, 0.25) is 0 Å². The van der Waals surface area contributed by atoms with Crippen LogP contribution in [0.3, 0.4) is 0 Å². The highest BCUT2D eigenvalue weighted by Crippen LogP contribution is 2.51. The molecule has 4 aliphatic rings. The zero-order chi connectivity index (χ0) is 24.8. The van der Waals surface area contributed by atoms with Gasteiger partial charge in [-0.1, -0.05) is 51.6 Å². The molecular formula is C34H36N2. The second-order valence-corrected chi connectivity index (χ2v) is 11.8. The van der Waals surface area contributed by atoms with Crippen molar-refractivity contribution in [2.75, 3.05) is 18.0 Å². The summed E-state index contributed by atoms with van der Waals surface area (Å²) in [7, 11) is 0. The van der Waals surface area contributed by atoms with Gasteiger partial charge in [-0.05, 0) is 107 Å². The molecule has 2 heteroatoms. The number of rotatable bonds is 2. The van der Waals surface area contributed by atoms with Crippen LogP contribution in [0.25, 0.3) is 16.3 Å². The Hall–Kier alpha value is -3.13. The summed E-state index contributed by atoms with van der Waals surface area (Å²) >= 11 is 0. The van der Waals surface area contributed by atoms with Crippen molar-refractivity contribution in [3.05, 3.63) is 87.5 Å². The Kier molecular flexibility index (Phi) is 4.72. The molecule has 0 atom stereocenters. The van der Waals surface area contributed by atoms with Crippen LogP contribution in [-0.2, 0) is 31.1 Å². The van der Waals surface area contributed by atoms with E-state index >= 15 is 0 Å². The predicted molar refractivity (Wildman–Crippen MR) is 154 cm³/mol. The predicted octanol–water partition coefficient (Wildman–Crippen LogP) is 8.05. The molecule has 3 aromatic rings. The first-order chi connectivity index (χ1) is 17.4. The third-order valence-corrected chi connectivity index (χ3v) is 9.36.